The van der Waals surface area contributed by atoms with Gasteiger partial charge in [-0.15, -0.1) is 0 Å². The summed E-state index contributed by atoms with van der Waals surface area (Å²) in [6.45, 7) is 0. The molecule has 0 amide bonds. The van der Waals surface area contributed by atoms with Crippen LogP contribution in [0.5, 0.6) is 5.88 Å². The zero-order valence-electron chi connectivity index (χ0n) is 17.7. The van der Waals surface area contributed by atoms with Crippen molar-refractivity contribution in [2.45, 2.75) is 38.5 Å². The van der Waals surface area contributed by atoms with Crippen LogP contribution in [0.3, 0.4) is 0 Å². The Bertz CT molecular complexity index is 903. The molecule has 0 saturated heterocycles. The summed E-state index contributed by atoms with van der Waals surface area (Å²) in [6, 6.07) is 11.4. The number of nitrogens with zero attached hydrogens (tertiary/aromatic N) is 4. The molecule has 8 heteroatoms. The predicted molar refractivity (Wildman–Crippen MR) is 108 cm³/mol. The summed E-state index contributed by atoms with van der Waals surface area (Å²) < 4.78 is 5.05. The van der Waals surface area contributed by atoms with Gasteiger partial charge in [0.05, 0.1) is 12.7 Å². The fraction of sp³-hybridized carbons (Fsp3) is 0.455. The van der Waals surface area contributed by atoms with Gasteiger partial charge in [0, 0.05) is 11.4 Å². The Morgan fingerprint density at radius 2 is 1.40 bits per heavy atom. The third-order valence-electron chi connectivity index (χ3n) is 4.65. The third kappa shape index (κ3) is 8.60. The van der Waals surface area contributed by atoms with Gasteiger partial charge in [0.25, 0.3) is 0 Å². The summed E-state index contributed by atoms with van der Waals surface area (Å²) >= 11 is 5.80. The molecular weight excluding hydrogens is 411 g/mol. The number of methoxy groups -OCH3 is 1. The topological polar surface area (TPSA) is 106 Å². The van der Waals surface area contributed by atoms with E-state index in [4.69, 9.17) is 32.0 Å². The second-order valence-corrected chi connectivity index (χ2v) is 7.38. The number of pyridine rings is 2. The quantitative estimate of drug-likeness (QED) is 0.500. The van der Waals surface area contributed by atoms with Crippen LogP contribution in [-0.4, -0.2) is 24.2 Å². The number of ether oxygens (including phenoxy) is 1. The number of rotatable bonds is 5. The van der Waals surface area contributed by atoms with Gasteiger partial charge < -0.3 is 9.84 Å². The van der Waals surface area contributed by atoms with Crippen molar-refractivity contribution in [3.05, 3.63) is 51.9 Å². The molecule has 4 rings (SSSR count). The maximum atomic E-state index is 8.76. The summed E-state index contributed by atoms with van der Waals surface area (Å²) in [5.74, 6) is 2.06. The van der Waals surface area contributed by atoms with Crippen molar-refractivity contribution in [2.24, 2.45) is 11.8 Å². The smallest absolute Gasteiger partial charge is 0.857 e. The molecule has 0 bridgehead atoms. The van der Waals surface area contributed by atoms with Gasteiger partial charge in [-0.25, -0.2) is 9.97 Å². The first-order chi connectivity index (χ1) is 14.1. The first-order valence-electron chi connectivity index (χ1n) is 9.53. The summed E-state index contributed by atoms with van der Waals surface area (Å²) in [6.07, 6.45) is 7.25. The van der Waals surface area contributed by atoms with Crippen molar-refractivity contribution < 1.29 is 39.4 Å². The molecule has 0 radical (unpaired) electrons. The molecule has 2 heterocycles. The van der Waals surface area contributed by atoms with Gasteiger partial charge in [-0.2, -0.15) is 17.6 Å². The van der Waals surface area contributed by atoms with E-state index in [0.29, 0.717) is 22.2 Å². The van der Waals surface area contributed by atoms with E-state index in [1.54, 1.807) is 19.2 Å². The molecule has 0 N–H and O–H groups in total. The van der Waals surface area contributed by atoms with Crippen molar-refractivity contribution >= 4 is 11.6 Å². The van der Waals surface area contributed by atoms with E-state index in [1.807, 2.05) is 18.2 Å². The molecule has 2 aromatic heterocycles. The second-order valence-electron chi connectivity index (χ2n) is 7.02. The van der Waals surface area contributed by atoms with Gasteiger partial charge in [-0.1, -0.05) is 11.6 Å². The minimum absolute atomic E-state index is 0. The minimum atomic E-state index is 0. The molecule has 2 aromatic rings. The number of nitriles is 2. The van der Waals surface area contributed by atoms with Crippen LogP contribution in [0.25, 0.3) is 0 Å². The molecule has 2 fully saturated rings. The minimum Gasteiger partial charge on any atom is -0.857 e. The van der Waals surface area contributed by atoms with E-state index in [-0.39, 0.29) is 29.6 Å². The maximum absolute atomic E-state index is 8.76. The average molecular weight is 435 g/mol. The van der Waals surface area contributed by atoms with Gasteiger partial charge in [-0.05, 0) is 74.6 Å². The van der Waals surface area contributed by atoms with Gasteiger partial charge in [0.2, 0.25) is 5.88 Å². The molecule has 2 saturated carbocycles. The van der Waals surface area contributed by atoms with E-state index in [0.717, 1.165) is 43.2 Å². The molecule has 0 unspecified atom stereocenters. The number of hydrogen-bond acceptors (Lipinski definition) is 6. The van der Waals surface area contributed by atoms with E-state index < -0.39 is 0 Å². The Kier molecular flexibility index (Phi) is 11.9. The van der Waals surface area contributed by atoms with Crippen LogP contribution in [-0.2, 0) is 12.8 Å². The third-order valence-corrected chi connectivity index (χ3v) is 4.94. The van der Waals surface area contributed by atoms with Crippen LogP contribution >= 0.6 is 11.6 Å². The molecule has 2 aliphatic rings. The molecule has 0 aromatic carbocycles. The predicted octanol–water partition coefficient (Wildman–Crippen LogP) is 0.454. The molecule has 30 heavy (non-hydrogen) atoms. The second kappa shape index (κ2) is 13.6. The Hall–Kier alpha value is -1.67. The van der Waals surface area contributed by atoms with E-state index >= 15 is 0 Å². The Balaban J connectivity index is 0.000000270. The fourth-order valence-electron chi connectivity index (χ4n) is 2.74. The van der Waals surface area contributed by atoms with Crippen molar-refractivity contribution in [1.82, 2.24) is 9.97 Å². The molecule has 6 nitrogen and oxygen atoms in total. The van der Waals surface area contributed by atoms with Gasteiger partial charge >= 0.3 is 29.6 Å². The first kappa shape index (κ1) is 26.4. The average Bonchev–Trinajstić information content (AvgIpc) is 3.67. The number of hydrogen-bond donors (Lipinski definition) is 0. The van der Waals surface area contributed by atoms with Gasteiger partial charge in [-0.3, -0.25) is 0 Å². The molecule has 2 aliphatic carbocycles. The zero-order chi connectivity index (χ0) is 21.2. The number of aromatic nitrogens is 2. The largest absolute Gasteiger partial charge is 1.00 e. The van der Waals surface area contributed by atoms with Crippen molar-refractivity contribution in [1.29, 1.82) is 10.5 Å². The Labute approximate surface area is 205 Å². The normalized spacial score (nSPS) is 13.8. The van der Waals surface area contributed by atoms with Gasteiger partial charge in [0.15, 0.2) is 0 Å². The summed E-state index contributed by atoms with van der Waals surface area (Å²) in [4.78, 5) is 8.46. The molecule has 0 atom stereocenters. The van der Waals surface area contributed by atoms with Crippen LogP contribution in [0, 0.1) is 34.5 Å². The standard InChI is InChI=1S/C11H12N2O.C10H9ClN2.CH3O.Na/c1-14-11-9(7-12)4-5-10(13-11)6-8-2-3-8;11-10-8(6-12)3-4-9(13-10)5-7-1-2-7;1-2;/h4-5,8H,2-3,6H2,1H3;3-4,7H,1-2,5H2;1H3;/q;;-1;+1. The van der Waals surface area contributed by atoms with E-state index in [1.165, 1.54) is 25.7 Å². The van der Waals surface area contributed by atoms with Crippen LogP contribution in [0.1, 0.15) is 48.2 Å². The summed E-state index contributed by atoms with van der Waals surface area (Å²) in [5.41, 5.74) is 3.00. The maximum Gasteiger partial charge on any atom is 1.00 e. The summed E-state index contributed by atoms with van der Waals surface area (Å²) in [5, 5.41) is 26.0. The van der Waals surface area contributed by atoms with Crippen molar-refractivity contribution in [3.63, 3.8) is 0 Å². The van der Waals surface area contributed by atoms with Crippen LogP contribution < -0.4 is 39.4 Å². The zero-order valence-corrected chi connectivity index (χ0v) is 20.4. The molecule has 0 spiro atoms. The van der Waals surface area contributed by atoms with E-state index in [2.05, 4.69) is 16.0 Å². The van der Waals surface area contributed by atoms with E-state index in [9.17, 15) is 0 Å². The monoisotopic (exact) mass is 434 g/mol. The van der Waals surface area contributed by atoms with Crippen LogP contribution in [0.4, 0.5) is 0 Å². The molecule has 0 aliphatic heterocycles. The van der Waals surface area contributed by atoms with Gasteiger partial charge in [0.1, 0.15) is 22.9 Å². The Morgan fingerprint density at radius 3 is 1.80 bits per heavy atom. The van der Waals surface area contributed by atoms with Crippen molar-refractivity contribution in [3.8, 4) is 18.0 Å². The summed E-state index contributed by atoms with van der Waals surface area (Å²) in [7, 11) is 2.30. The van der Waals surface area contributed by atoms with Crippen LogP contribution in [0.2, 0.25) is 5.15 Å². The SMILES string of the molecule is COc1nc(CC2CC2)ccc1C#N.C[O-].N#Cc1ccc(CC2CC2)nc1Cl.[Na+]. The first-order valence-corrected chi connectivity index (χ1v) is 9.91. The molecule has 152 valence electrons. The van der Waals surface area contributed by atoms with Crippen molar-refractivity contribution in [2.75, 3.05) is 14.2 Å². The number of halogens is 1. The molecular formula is C22H24ClN4NaO2. The fourth-order valence-corrected chi connectivity index (χ4v) is 2.95. The Morgan fingerprint density at radius 1 is 0.933 bits per heavy atom. The van der Waals surface area contributed by atoms with Crippen LogP contribution in [0.15, 0.2) is 24.3 Å².